The second kappa shape index (κ2) is 5.83. The van der Waals surface area contributed by atoms with Gasteiger partial charge in [-0.2, -0.15) is 0 Å². The van der Waals surface area contributed by atoms with Crippen molar-refractivity contribution in [2.45, 2.75) is 0 Å². The van der Waals surface area contributed by atoms with Gasteiger partial charge in [-0.3, -0.25) is 9.78 Å². The summed E-state index contributed by atoms with van der Waals surface area (Å²) in [5.41, 5.74) is 0.785. The van der Waals surface area contributed by atoms with Crippen LogP contribution in [-0.2, 0) is 0 Å². The first-order chi connectivity index (χ1) is 9.61. The summed E-state index contributed by atoms with van der Waals surface area (Å²) >= 11 is 0. The Morgan fingerprint density at radius 1 is 1.15 bits per heavy atom. The molecule has 0 saturated carbocycles. The zero-order chi connectivity index (χ0) is 14.5. The third kappa shape index (κ3) is 2.92. The number of anilines is 1. The lowest BCUT2D eigenvalue weighted by molar-refractivity contribution is 0.0696. The molecule has 0 bridgehead atoms. The molecular formula is C14H12N2O4. The molecule has 2 aromatic rings. The largest absolute Gasteiger partial charge is 0.495 e. The lowest BCUT2D eigenvalue weighted by atomic mass is 10.1. The van der Waals surface area contributed by atoms with Gasteiger partial charge in [0.15, 0.2) is 0 Å². The number of aromatic carboxylic acids is 1. The Bertz CT molecular complexity index is 641. The first kappa shape index (κ1) is 13.5. The Labute approximate surface area is 115 Å². The molecule has 0 spiro atoms. The van der Waals surface area contributed by atoms with E-state index in [9.17, 15) is 9.59 Å². The topological polar surface area (TPSA) is 88.5 Å². The van der Waals surface area contributed by atoms with Gasteiger partial charge in [0, 0.05) is 18.0 Å². The van der Waals surface area contributed by atoms with Crippen LogP contribution in [0.4, 0.5) is 5.69 Å². The second-order valence-electron chi connectivity index (χ2n) is 3.91. The summed E-state index contributed by atoms with van der Waals surface area (Å²) < 4.78 is 5.10. The lowest BCUT2D eigenvalue weighted by Crippen LogP contribution is -2.13. The summed E-state index contributed by atoms with van der Waals surface area (Å²) in [6, 6.07) is 7.36. The van der Waals surface area contributed by atoms with Gasteiger partial charge in [0.1, 0.15) is 5.75 Å². The van der Waals surface area contributed by atoms with E-state index in [2.05, 4.69) is 10.3 Å². The fraction of sp³-hybridized carbons (Fsp3) is 0.0714. The van der Waals surface area contributed by atoms with Gasteiger partial charge >= 0.3 is 5.97 Å². The highest BCUT2D eigenvalue weighted by molar-refractivity contribution is 6.05. The number of methoxy groups -OCH3 is 1. The van der Waals surface area contributed by atoms with Crippen LogP contribution in [0.5, 0.6) is 5.75 Å². The minimum Gasteiger partial charge on any atom is -0.495 e. The normalized spacial score (nSPS) is 9.85. The van der Waals surface area contributed by atoms with Gasteiger partial charge in [-0.25, -0.2) is 4.79 Å². The number of carboxylic acids is 1. The standard InChI is InChI=1S/C14H12N2O4/c1-20-12-3-2-10(14(18)19)8-11(12)16-13(17)9-4-6-15-7-5-9/h2-8H,1H3,(H,16,17)(H,18,19). The highest BCUT2D eigenvalue weighted by Crippen LogP contribution is 2.26. The number of carboxylic acid groups (broad SMARTS) is 1. The average molecular weight is 272 g/mol. The maximum atomic E-state index is 12.0. The van der Waals surface area contributed by atoms with E-state index in [1.807, 2.05) is 0 Å². The summed E-state index contributed by atoms with van der Waals surface area (Å²) in [7, 11) is 1.44. The molecule has 0 fully saturated rings. The quantitative estimate of drug-likeness (QED) is 0.889. The minimum absolute atomic E-state index is 0.0656. The summed E-state index contributed by atoms with van der Waals surface area (Å²) in [5.74, 6) is -1.06. The number of rotatable bonds is 4. The van der Waals surface area contributed by atoms with Crippen LogP contribution < -0.4 is 10.1 Å². The molecule has 0 saturated heterocycles. The molecule has 1 aromatic heterocycles. The van der Waals surface area contributed by atoms with Gasteiger partial charge in [0.2, 0.25) is 0 Å². The van der Waals surface area contributed by atoms with Crippen molar-refractivity contribution in [2.24, 2.45) is 0 Å². The molecular weight excluding hydrogens is 260 g/mol. The number of aromatic nitrogens is 1. The number of hydrogen-bond donors (Lipinski definition) is 2. The van der Waals surface area contributed by atoms with E-state index in [1.165, 1.54) is 37.7 Å². The Balaban J connectivity index is 2.30. The highest BCUT2D eigenvalue weighted by Gasteiger charge is 2.12. The van der Waals surface area contributed by atoms with Crippen molar-refractivity contribution in [1.82, 2.24) is 4.98 Å². The summed E-state index contributed by atoms with van der Waals surface area (Å²) in [6.45, 7) is 0. The maximum Gasteiger partial charge on any atom is 0.335 e. The van der Waals surface area contributed by atoms with Crippen LogP contribution in [-0.4, -0.2) is 29.1 Å². The third-order valence-corrected chi connectivity index (χ3v) is 2.64. The SMILES string of the molecule is COc1ccc(C(=O)O)cc1NC(=O)c1ccncc1. The van der Waals surface area contributed by atoms with E-state index >= 15 is 0 Å². The van der Waals surface area contributed by atoms with Crippen molar-refractivity contribution in [2.75, 3.05) is 12.4 Å². The molecule has 0 atom stereocenters. The van der Waals surface area contributed by atoms with Gasteiger partial charge in [0.25, 0.3) is 5.91 Å². The van der Waals surface area contributed by atoms with E-state index in [0.717, 1.165) is 0 Å². The van der Waals surface area contributed by atoms with Crippen LogP contribution in [0, 0.1) is 0 Å². The average Bonchev–Trinajstić information content (AvgIpc) is 2.48. The van der Waals surface area contributed by atoms with Crippen LogP contribution in [0.1, 0.15) is 20.7 Å². The minimum atomic E-state index is -1.08. The fourth-order valence-corrected chi connectivity index (χ4v) is 1.64. The Morgan fingerprint density at radius 3 is 2.45 bits per heavy atom. The Hall–Kier alpha value is -2.89. The van der Waals surface area contributed by atoms with Crippen molar-refractivity contribution < 1.29 is 19.4 Å². The summed E-state index contributed by atoms with van der Waals surface area (Å²) in [6.07, 6.45) is 3.00. The first-order valence-electron chi connectivity index (χ1n) is 5.74. The summed E-state index contributed by atoms with van der Waals surface area (Å²) in [4.78, 5) is 26.8. The van der Waals surface area contributed by atoms with E-state index in [1.54, 1.807) is 12.1 Å². The van der Waals surface area contributed by atoms with Crippen molar-refractivity contribution in [3.05, 3.63) is 53.9 Å². The van der Waals surface area contributed by atoms with Crippen LogP contribution in [0.15, 0.2) is 42.7 Å². The van der Waals surface area contributed by atoms with Crippen LogP contribution in [0.25, 0.3) is 0 Å². The number of amides is 1. The molecule has 2 N–H and O–H groups in total. The van der Waals surface area contributed by atoms with Gasteiger partial charge in [0.05, 0.1) is 18.4 Å². The Morgan fingerprint density at radius 2 is 1.85 bits per heavy atom. The zero-order valence-corrected chi connectivity index (χ0v) is 10.7. The molecule has 6 nitrogen and oxygen atoms in total. The highest BCUT2D eigenvalue weighted by atomic mass is 16.5. The van der Waals surface area contributed by atoms with Crippen LogP contribution in [0.3, 0.4) is 0 Å². The van der Waals surface area contributed by atoms with Crippen molar-refractivity contribution in [1.29, 1.82) is 0 Å². The molecule has 1 aromatic carbocycles. The predicted molar refractivity (Wildman–Crippen MR) is 72.1 cm³/mol. The zero-order valence-electron chi connectivity index (χ0n) is 10.7. The van der Waals surface area contributed by atoms with Gasteiger partial charge in [-0.15, -0.1) is 0 Å². The lowest BCUT2D eigenvalue weighted by Gasteiger charge is -2.11. The number of nitrogens with one attached hydrogen (secondary N) is 1. The van der Waals surface area contributed by atoms with Gasteiger partial charge in [-0.05, 0) is 30.3 Å². The second-order valence-corrected chi connectivity index (χ2v) is 3.91. The molecule has 0 radical (unpaired) electrons. The molecule has 2 rings (SSSR count). The van der Waals surface area contributed by atoms with E-state index < -0.39 is 5.97 Å². The number of carbonyl (C=O) groups excluding carboxylic acids is 1. The molecule has 0 aliphatic heterocycles. The van der Waals surface area contributed by atoms with Gasteiger partial charge in [-0.1, -0.05) is 0 Å². The molecule has 0 unspecified atom stereocenters. The monoisotopic (exact) mass is 272 g/mol. The number of benzene rings is 1. The smallest absolute Gasteiger partial charge is 0.335 e. The Kier molecular flexibility index (Phi) is 3.95. The predicted octanol–water partition coefficient (Wildman–Crippen LogP) is 2.04. The van der Waals surface area contributed by atoms with Gasteiger partial charge < -0.3 is 15.2 Å². The van der Waals surface area contributed by atoms with Crippen molar-refractivity contribution >= 4 is 17.6 Å². The number of pyridine rings is 1. The number of nitrogens with zero attached hydrogens (tertiary/aromatic N) is 1. The molecule has 0 aliphatic carbocycles. The molecule has 20 heavy (non-hydrogen) atoms. The van der Waals surface area contributed by atoms with Crippen LogP contribution in [0.2, 0.25) is 0 Å². The third-order valence-electron chi connectivity index (χ3n) is 2.64. The van der Waals surface area contributed by atoms with Crippen LogP contribution >= 0.6 is 0 Å². The number of ether oxygens (including phenoxy) is 1. The molecule has 0 aliphatic rings. The fourth-order valence-electron chi connectivity index (χ4n) is 1.64. The first-order valence-corrected chi connectivity index (χ1v) is 5.74. The molecule has 6 heteroatoms. The van der Waals surface area contributed by atoms with E-state index in [0.29, 0.717) is 17.0 Å². The number of hydrogen-bond acceptors (Lipinski definition) is 4. The maximum absolute atomic E-state index is 12.0. The molecule has 1 amide bonds. The van der Waals surface area contributed by atoms with Crippen molar-refractivity contribution in [3.63, 3.8) is 0 Å². The molecule has 102 valence electrons. The summed E-state index contributed by atoms with van der Waals surface area (Å²) in [5, 5.41) is 11.6. The van der Waals surface area contributed by atoms with Crippen molar-refractivity contribution in [3.8, 4) is 5.75 Å². The van der Waals surface area contributed by atoms with E-state index in [4.69, 9.17) is 9.84 Å². The number of carbonyl (C=O) groups is 2. The molecule has 1 heterocycles. The van der Waals surface area contributed by atoms with E-state index in [-0.39, 0.29) is 11.5 Å².